The molecule has 2 heterocycles. The number of halogens is 1. The normalized spacial score (nSPS) is 10.7. The molecule has 0 aliphatic heterocycles. The minimum atomic E-state index is -0.308. The molecule has 1 aromatic carbocycles. The first-order valence-corrected chi connectivity index (χ1v) is 7.77. The van der Waals surface area contributed by atoms with Gasteiger partial charge < -0.3 is 0 Å². The van der Waals surface area contributed by atoms with Crippen molar-refractivity contribution in [2.45, 2.75) is 13.5 Å². The molecular formula is C15H15BrN6O. The van der Waals surface area contributed by atoms with Gasteiger partial charge in [-0.15, -0.1) is 5.10 Å². The maximum absolute atomic E-state index is 12.3. The van der Waals surface area contributed by atoms with E-state index in [2.05, 4.69) is 36.4 Å². The number of nitrogens with zero attached hydrogens (tertiary/aromatic N) is 5. The van der Waals surface area contributed by atoms with Gasteiger partial charge in [-0.2, -0.15) is 5.10 Å². The average Bonchev–Trinajstić information content (AvgIpc) is 3.05. The maximum Gasteiger partial charge on any atom is 0.277 e. The molecule has 23 heavy (non-hydrogen) atoms. The van der Waals surface area contributed by atoms with Crippen LogP contribution in [0.3, 0.4) is 0 Å². The van der Waals surface area contributed by atoms with Crippen molar-refractivity contribution in [2.75, 3.05) is 5.32 Å². The van der Waals surface area contributed by atoms with E-state index in [9.17, 15) is 4.79 Å². The van der Waals surface area contributed by atoms with Crippen molar-refractivity contribution in [3.05, 3.63) is 58.1 Å². The third-order valence-corrected chi connectivity index (χ3v) is 4.26. The van der Waals surface area contributed by atoms with Gasteiger partial charge in [0.05, 0.1) is 16.7 Å². The fourth-order valence-electron chi connectivity index (χ4n) is 2.24. The molecule has 0 fully saturated rings. The van der Waals surface area contributed by atoms with Crippen LogP contribution < -0.4 is 5.32 Å². The van der Waals surface area contributed by atoms with Crippen LogP contribution in [-0.4, -0.2) is 30.5 Å². The Morgan fingerprint density at radius 2 is 2.00 bits per heavy atom. The Balaban J connectivity index is 1.73. The molecule has 7 nitrogen and oxygen atoms in total. The highest BCUT2D eigenvalue weighted by molar-refractivity contribution is 9.10. The number of carbonyl (C=O) groups is 1. The molecule has 3 aromatic rings. The van der Waals surface area contributed by atoms with Gasteiger partial charge in [0.15, 0.2) is 0 Å². The van der Waals surface area contributed by atoms with Crippen LogP contribution in [0.25, 0.3) is 0 Å². The van der Waals surface area contributed by atoms with Crippen molar-refractivity contribution in [3.63, 3.8) is 0 Å². The number of aromatic nitrogens is 5. The van der Waals surface area contributed by atoms with Gasteiger partial charge in [-0.3, -0.25) is 14.8 Å². The van der Waals surface area contributed by atoms with Crippen molar-refractivity contribution in [2.24, 2.45) is 7.05 Å². The molecule has 118 valence electrons. The van der Waals surface area contributed by atoms with E-state index in [4.69, 9.17) is 0 Å². The van der Waals surface area contributed by atoms with Gasteiger partial charge in [0.2, 0.25) is 5.95 Å². The van der Waals surface area contributed by atoms with Crippen LogP contribution in [0.2, 0.25) is 0 Å². The molecule has 1 amide bonds. The lowest BCUT2D eigenvalue weighted by molar-refractivity contribution is 0.101. The van der Waals surface area contributed by atoms with Crippen LogP contribution in [0.15, 0.2) is 41.1 Å². The monoisotopic (exact) mass is 374 g/mol. The van der Waals surface area contributed by atoms with E-state index >= 15 is 0 Å². The number of nitrogens with one attached hydrogen (secondary N) is 1. The molecule has 0 unspecified atom stereocenters. The second-order valence-electron chi connectivity index (χ2n) is 5.08. The van der Waals surface area contributed by atoms with Crippen molar-refractivity contribution in [3.8, 4) is 0 Å². The molecular weight excluding hydrogens is 360 g/mol. The lowest BCUT2D eigenvalue weighted by atomic mass is 10.2. The Kier molecular flexibility index (Phi) is 4.24. The number of benzene rings is 1. The Hall–Kier alpha value is -2.48. The summed E-state index contributed by atoms with van der Waals surface area (Å²) in [5.74, 6) is -0.0471. The van der Waals surface area contributed by atoms with Crippen molar-refractivity contribution in [1.29, 1.82) is 0 Å². The first-order chi connectivity index (χ1) is 11.0. The minimum Gasteiger partial charge on any atom is -0.288 e. The number of aryl methyl sites for hydroxylation is 2. The molecule has 0 atom stereocenters. The number of carbonyl (C=O) groups excluding carboxylic acids is 1. The SMILES string of the molecule is Cc1nn(C)c(C(=O)Nc2ncn(Cc3ccccc3)n2)c1Br. The summed E-state index contributed by atoms with van der Waals surface area (Å²) in [6.07, 6.45) is 1.59. The zero-order valence-electron chi connectivity index (χ0n) is 12.7. The second kappa shape index (κ2) is 6.33. The number of hydrogen-bond donors (Lipinski definition) is 1. The van der Waals surface area contributed by atoms with E-state index in [1.165, 1.54) is 4.68 Å². The van der Waals surface area contributed by atoms with Gasteiger partial charge >= 0.3 is 0 Å². The third kappa shape index (κ3) is 3.31. The summed E-state index contributed by atoms with van der Waals surface area (Å²) in [5.41, 5.74) is 2.29. The molecule has 3 rings (SSSR count). The highest BCUT2D eigenvalue weighted by Crippen LogP contribution is 2.20. The lowest BCUT2D eigenvalue weighted by Gasteiger charge is -2.02. The molecule has 1 N–H and O–H groups in total. The zero-order chi connectivity index (χ0) is 16.4. The molecule has 0 spiro atoms. The topological polar surface area (TPSA) is 77.6 Å². The highest BCUT2D eigenvalue weighted by atomic mass is 79.9. The Morgan fingerprint density at radius 1 is 1.26 bits per heavy atom. The average molecular weight is 375 g/mol. The van der Waals surface area contributed by atoms with E-state index in [1.807, 2.05) is 37.3 Å². The minimum absolute atomic E-state index is 0.261. The van der Waals surface area contributed by atoms with Gasteiger partial charge in [0, 0.05) is 7.05 Å². The fraction of sp³-hybridized carbons (Fsp3) is 0.200. The fourth-order valence-corrected chi connectivity index (χ4v) is 2.75. The van der Waals surface area contributed by atoms with Crippen molar-refractivity contribution >= 4 is 27.8 Å². The Morgan fingerprint density at radius 3 is 2.65 bits per heavy atom. The number of hydrogen-bond acceptors (Lipinski definition) is 4. The quantitative estimate of drug-likeness (QED) is 0.760. The first-order valence-electron chi connectivity index (χ1n) is 6.98. The number of rotatable bonds is 4. The van der Waals surface area contributed by atoms with E-state index < -0.39 is 0 Å². The third-order valence-electron chi connectivity index (χ3n) is 3.31. The summed E-state index contributed by atoms with van der Waals surface area (Å²) in [6, 6.07) is 9.92. The van der Waals surface area contributed by atoms with E-state index in [0.717, 1.165) is 11.3 Å². The highest BCUT2D eigenvalue weighted by Gasteiger charge is 2.19. The second-order valence-corrected chi connectivity index (χ2v) is 5.87. The summed E-state index contributed by atoms with van der Waals surface area (Å²) in [5, 5.41) is 11.1. The van der Waals surface area contributed by atoms with Gasteiger partial charge in [-0.25, -0.2) is 9.67 Å². The summed E-state index contributed by atoms with van der Waals surface area (Å²) in [7, 11) is 1.72. The van der Waals surface area contributed by atoms with Crippen LogP contribution in [0.1, 0.15) is 21.7 Å². The zero-order valence-corrected chi connectivity index (χ0v) is 14.3. The smallest absolute Gasteiger partial charge is 0.277 e. The largest absolute Gasteiger partial charge is 0.288 e. The van der Waals surface area contributed by atoms with Crippen LogP contribution in [0.4, 0.5) is 5.95 Å². The standard InChI is InChI=1S/C15H15BrN6O/c1-10-12(16)13(21(2)19-10)14(23)18-15-17-9-22(20-15)8-11-6-4-3-5-7-11/h3-7,9H,8H2,1-2H3,(H,18,20,23). The molecule has 0 radical (unpaired) electrons. The predicted octanol–water partition coefficient (Wildman–Crippen LogP) is 2.38. The molecule has 0 saturated heterocycles. The Labute approximate surface area is 141 Å². The molecule has 0 aliphatic rings. The van der Waals surface area contributed by atoms with Crippen LogP contribution in [0, 0.1) is 6.92 Å². The van der Waals surface area contributed by atoms with Crippen LogP contribution in [-0.2, 0) is 13.6 Å². The first kappa shape index (κ1) is 15.4. The molecule has 0 saturated carbocycles. The summed E-state index contributed by atoms with van der Waals surface area (Å²) < 4.78 is 3.87. The van der Waals surface area contributed by atoms with Crippen molar-refractivity contribution in [1.82, 2.24) is 24.5 Å². The maximum atomic E-state index is 12.3. The predicted molar refractivity (Wildman–Crippen MR) is 89.2 cm³/mol. The molecule has 0 bridgehead atoms. The number of amides is 1. The van der Waals surface area contributed by atoms with Crippen LogP contribution >= 0.6 is 15.9 Å². The van der Waals surface area contributed by atoms with Gasteiger partial charge in [-0.1, -0.05) is 30.3 Å². The number of anilines is 1. The molecule has 8 heteroatoms. The van der Waals surface area contributed by atoms with Crippen LogP contribution in [0.5, 0.6) is 0 Å². The van der Waals surface area contributed by atoms with E-state index in [0.29, 0.717) is 16.7 Å². The van der Waals surface area contributed by atoms with E-state index in [-0.39, 0.29) is 11.9 Å². The molecule has 0 aliphatic carbocycles. The summed E-state index contributed by atoms with van der Waals surface area (Å²) in [6.45, 7) is 2.42. The van der Waals surface area contributed by atoms with Gasteiger partial charge in [-0.05, 0) is 28.4 Å². The lowest BCUT2D eigenvalue weighted by Crippen LogP contribution is -2.17. The van der Waals surface area contributed by atoms with E-state index in [1.54, 1.807) is 18.1 Å². The van der Waals surface area contributed by atoms with Gasteiger partial charge in [0.1, 0.15) is 12.0 Å². The van der Waals surface area contributed by atoms with Crippen molar-refractivity contribution < 1.29 is 4.79 Å². The summed E-state index contributed by atoms with van der Waals surface area (Å²) in [4.78, 5) is 16.5. The molecule has 2 aromatic heterocycles. The van der Waals surface area contributed by atoms with Gasteiger partial charge in [0.25, 0.3) is 5.91 Å². The Bertz CT molecular complexity index is 839. The summed E-state index contributed by atoms with van der Waals surface area (Å²) >= 11 is 3.37.